The molecule has 150 valence electrons. The molecule has 3 aromatic carbocycles. The fourth-order valence-electron chi connectivity index (χ4n) is 3.20. The van der Waals surface area contributed by atoms with E-state index in [2.05, 4.69) is 10.3 Å². The Morgan fingerprint density at radius 1 is 0.933 bits per heavy atom. The fourth-order valence-corrected chi connectivity index (χ4v) is 3.20. The lowest BCUT2D eigenvalue weighted by Crippen LogP contribution is -2.38. The van der Waals surface area contributed by atoms with Gasteiger partial charge >= 0.3 is 0 Å². The molecule has 1 aliphatic heterocycles. The number of nitrogens with zero attached hydrogens (tertiary/aromatic N) is 2. The van der Waals surface area contributed by atoms with Crippen molar-refractivity contribution in [2.75, 3.05) is 16.8 Å². The first-order valence-corrected chi connectivity index (χ1v) is 9.28. The van der Waals surface area contributed by atoms with Crippen molar-refractivity contribution in [3.05, 3.63) is 90.0 Å². The lowest BCUT2D eigenvalue weighted by molar-refractivity contribution is -0.120. The van der Waals surface area contributed by atoms with Gasteiger partial charge in [0.05, 0.1) is 23.5 Å². The number of carbonyl (C=O) groups excluding carboxylic acids is 2. The van der Waals surface area contributed by atoms with E-state index < -0.39 is 11.7 Å². The number of amides is 2. The van der Waals surface area contributed by atoms with Crippen LogP contribution in [0.15, 0.2) is 77.8 Å². The van der Waals surface area contributed by atoms with E-state index in [1.54, 1.807) is 36.4 Å². The Kier molecular flexibility index (Phi) is 5.34. The summed E-state index contributed by atoms with van der Waals surface area (Å²) in [5.74, 6) is -1.51. The third-order valence-electron chi connectivity index (χ3n) is 4.65. The zero-order chi connectivity index (χ0) is 21.1. The third-order valence-corrected chi connectivity index (χ3v) is 4.65. The van der Waals surface area contributed by atoms with Gasteiger partial charge in [-0.1, -0.05) is 24.3 Å². The SMILES string of the molecule is O=C(CN1C(=O)CC(c2ccc(F)cc2)=Nc2ccccc21)Nc1ccc(F)cc1. The van der Waals surface area contributed by atoms with Crippen LogP contribution in [0.4, 0.5) is 25.8 Å². The second-order valence-corrected chi connectivity index (χ2v) is 6.77. The molecule has 0 bridgehead atoms. The summed E-state index contributed by atoms with van der Waals surface area (Å²) in [7, 11) is 0. The summed E-state index contributed by atoms with van der Waals surface area (Å²) in [4.78, 5) is 31.5. The molecule has 4 rings (SSSR count). The van der Waals surface area contributed by atoms with Gasteiger partial charge in [0.15, 0.2) is 0 Å². The normalized spacial score (nSPS) is 13.3. The minimum atomic E-state index is -0.421. The van der Waals surface area contributed by atoms with Crippen molar-refractivity contribution in [1.82, 2.24) is 0 Å². The Bertz CT molecular complexity index is 1130. The second-order valence-electron chi connectivity index (χ2n) is 6.77. The quantitative estimate of drug-likeness (QED) is 0.697. The van der Waals surface area contributed by atoms with E-state index in [1.165, 1.54) is 41.3 Å². The van der Waals surface area contributed by atoms with Crippen LogP contribution in [0.1, 0.15) is 12.0 Å². The summed E-state index contributed by atoms with van der Waals surface area (Å²) in [5, 5.41) is 2.66. The molecule has 0 saturated carbocycles. The zero-order valence-corrected chi connectivity index (χ0v) is 15.8. The van der Waals surface area contributed by atoms with Crippen LogP contribution in [0.3, 0.4) is 0 Å². The lowest BCUT2D eigenvalue weighted by Gasteiger charge is -2.22. The predicted molar refractivity (Wildman–Crippen MR) is 111 cm³/mol. The number of anilines is 2. The number of hydrogen-bond donors (Lipinski definition) is 1. The maximum absolute atomic E-state index is 13.3. The standard InChI is InChI=1S/C23H17F2N3O2/c24-16-7-5-15(6-8-16)20-13-23(30)28(21-4-2-1-3-19(21)27-20)14-22(29)26-18-11-9-17(25)10-12-18/h1-12H,13-14H2,(H,26,29). The van der Waals surface area contributed by atoms with E-state index in [9.17, 15) is 18.4 Å². The molecule has 3 aromatic rings. The average molecular weight is 405 g/mol. The first-order valence-electron chi connectivity index (χ1n) is 9.28. The molecule has 0 aliphatic carbocycles. The highest BCUT2D eigenvalue weighted by Crippen LogP contribution is 2.32. The van der Waals surface area contributed by atoms with Gasteiger partial charge in [-0.25, -0.2) is 8.78 Å². The van der Waals surface area contributed by atoms with Gasteiger partial charge in [0.1, 0.15) is 18.2 Å². The highest BCUT2D eigenvalue weighted by Gasteiger charge is 2.26. The van der Waals surface area contributed by atoms with Crippen LogP contribution in [-0.2, 0) is 9.59 Å². The monoisotopic (exact) mass is 405 g/mol. The van der Waals surface area contributed by atoms with E-state index >= 15 is 0 Å². The maximum atomic E-state index is 13.3. The summed E-state index contributed by atoms with van der Waals surface area (Å²) in [6.07, 6.45) is -0.0376. The minimum Gasteiger partial charge on any atom is -0.325 e. The summed E-state index contributed by atoms with van der Waals surface area (Å²) >= 11 is 0. The third kappa shape index (κ3) is 4.25. The maximum Gasteiger partial charge on any atom is 0.244 e. The molecule has 1 aliphatic rings. The molecule has 0 spiro atoms. The number of rotatable bonds is 4. The van der Waals surface area contributed by atoms with Gasteiger partial charge in [0.2, 0.25) is 11.8 Å². The van der Waals surface area contributed by atoms with E-state index in [0.29, 0.717) is 28.3 Å². The van der Waals surface area contributed by atoms with Crippen LogP contribution in [0, 0.1) is 11.6 Å². The zero-order valence-electron chi connectivity index (χ0n) is 15.8. The van der Waals surface area contributed by atoms with E-state index in [4.69, 9.17) is 0 Å². The number of halogens is 2. The summed E-state index contributed by atoms with van der Waals surface area (Å²) in [6, 6.07) is 18.2. The van der Waals surface area contributed by atoms with Gasteiger partial charge in [-0.2, -0.15) is 0 Å². The Labute approximate surface area is 171 Å². The van der Waals surface area contributed by atoms with E-state index in [-0.39, 0.29) is 24.7 Å². The molecule has 0 unspecified atom stereocenters. The van der Waals surface area contributed by atoms with Crippen LogP contribution >= 0.6 is 0 Å². The van der Waals surface area contributed by atoms with Crippen molar-refractivity contribution in [2.45, 2.75) is 6.42 Å². The number of carbonyl (C=O) groups is 2. The van der Waals surface area contributed by atoms with Gasteiger partial charge in [0, 0.05) is 5.69 Å². The second kappa shape index (κ2) is 8.24. The Balaban J connectivity index is 1.60. The number of hydrogen-bond acceptors (Lipinski definition) is 3. The molecule has 1 N–H and O–H groups in total. The molecule has 0 fully saturated rings. The molecule has 0 aromatic heterocycles. The Morgan fingerprint density at radius 2 is 1.57 bits per heavy atom. The minimum absolute atomic E-state index is 0.0376. The Morgan fingerprint density at radius 3 is 2.27 bits per heavy atom. The van der Waals surface area contributed by atoms with Crippen LogP contribution < -0.4 is 10.2 Å². The molecule has 5 nitrogen and oxygen atoms in total. The molecule has 30 heavy (non-hydrogen) atoms. The van der Waals surface area contributed by atoms with Crippen LogP contribution in [0.5, 0.6) is 0 Å². The smallest absolute Gasteiger partial charge is 0.244 e. The number of aliphatic imine (C=N–C) groups is 1. The van der Waals surface area contributed by atoms with Gasteiger partial charge in [0.25, 0.3) is 0 Å². The van der Waals surface area contributed by atoms with Crippen molar-refractivity contribution in [3.63, 3.8) is 0 Å². The largest absolute Gasteiger partial charge is 0.325 e. The number of benzene rings is 3. The highest BCUT2D eigenvalue weighted by molar-refractivity contribution is 6.18. The van der Waals surface area contributed by atoms with Crippen molar-refractivity contribution in [2.24, 2.45) is 4.99 Å². The van der Waals surface area contributed by atoms with Crippen LogP contribution in [-0.4, -0.2) is 24.1 Å². The number of fused-ring (bicyclic) bond motifs is 1. The van der Waals surface area contributed by atoms with Crippen molar-refractivity contribution in [1.29, 1.82) is 0 Å². The first kappa shape index (κ1) is 19.4. The number of para-hydroxylation sites is 2. The predicted octanol–water partition coefficient (Wildman–Crippen LogP) is 4.46. The summed E-state index contributed by atoms with van der Waals surface area (Å²) in [6.45, 7) is -0.223. The van der Waals surface area contributed by atoms with Crippen molar-refractivity contribution in [3.8, 4) is 0 Å². The van der Waals surface area contributed by atoms with Gasteiger partial charge in [-0.3, -0.25) is 14.6 Å². The summed E-state index contributed by atoms with van der Waals surface area (Å²) < 4.78 is 26.3. The summed E-state index contributed by atoms with van der Waals surface area (Å²) in [5.41, 5.74) is 2.61. The van der Waals surface area contributed by atoms with Crippen LogP contribution in [0.25, 0.3) is 0 Å². The molecular weight excluding hydrogens is 388 g/mol. The average Bonchev–Trinajstić information content (AvgIpc) is 2.87. The van der Waals surface area contributed by atoms with Gasteiger partial charge in [-0.15, -0.1) is 0 Å². The highest BCUT2D eigenvalue weighted by atomic mass is 19.1. The first-order chi connectivity index (χ1) is 14.5. The fraction of sp³-hybridized carbons (Fsp3) is 0.0870. The topological polar surface area (TPSA) is 61.8 Å². The molecule has 1 heterocycles. The Hall–Kier alpha value is -3.87. The van der Waals surface area contributed by atoms with Crippen LogP contribution in [0.2, 0.25) is 0 Å². The molecule has 0 radical (unpaired) electrons. The lowest BCUT2D eigenvalue weighted by atomic mass is 10.1. The number of nitrogens with one attached hydrogen (secondary N) is 1. The van der Waals surface area contributed by atoms with E-state index in [1.807, 2.05) is 0 Å². The van der Waals surface area contributed by atoms with Crippen molar-refractivity contribution < 1.29 is 18.4 Å². The van der Waals surface area contributed by atoms with Gasteiger partial charge < -0.3 is 10.2 Å². The van der Waals surface area contributed by atoms with Crippen molar-refractivity contribution >= 4 is 34.6 Å². The van der Waals surface area contributed by atoms with E-state index in [0.717, 1.165) is 0 Å². The molecule has 7 heteroatoms. The van der Waals surface area contributed by atoms with Gasteiger partial charge in [-0.05, 0) is 54.1 Å². The molecule has 2 amide bonds. The molecule has 0 atom stereocenters. The molecule has 0 saturated heterocycles. The molecular formula is C23H17F2N3O2.